The fourth-order valence-electron chi connectivity index (χ4n) is 3.40. The van der Waals surface area contributed by atoms with Crippen molar-refractivity contribution >= 4 is 36.6 Å². The molecule has 2 atom stereocenters. The van der Waals surface area contributed by atoms with Crippen LogP contribution in [0.3, 0.4) is 0 Å². The van der Waals surface area contributed by atoms with E-state index in [4.69, 9.17) is 5.73 Å². The van der Waals surface area contributed by atoms with E-state index in [9.17, 15) is 9.59 Å². The Bertz CT molecular complexity index is 643. The number of nitrogens with two attached hydrogens (primary N) is 1. The van der Waals surface area contributed by atoms with Gasteiger partial charge in [0.2, 0.25) is 11.8 Å². The Labute approximate surface area is 187 Å². The lowest BCUT2D eigenvalue weighted by molar-refractivity contribution is -0.127. The van der Waals surface area contributed by atoms with Gasteiger partial charge in [-0.2, -0.15) is 0 Å². The van der Waals surface area contributed by atoms with Gasteiger partial charge in [0.1, 0.15) is 0 Å². The van der Waals surface area contributed by atoms with E-state index in [0.717, 1.165) is 31.1 Å². The maximum absolute atomic E-state index is 12.1. The number of nitrogens with one attached hydrogen (secondary N) is 2. The molecule has 1 heterocycles. The van der Waals surface area contributed by atoms with Crippen molar-refractivity contribution in [2.24, 2.45) is 17.6 Å². The molecule has 166 valence electrons. The zero-order valence-corrected chi connectivity index (χ0v) is 19.3. The molecule has 1 aromatic rings. The number of nitrogens with zero attached hydrogens (tertiary/aromatic N) is 1. The van der Waals surface area contributed by atoms with Crippen LogP contribution in [-0.2, 0) is 22.7 Å². The second-order valence-electron chi connectivity index (χ2n) is 8.02. The molecule has 1 saturated heterocycles. The summed E-state index contributed by atoms with van der Waals surface area (Å²) in [5.74, 6) is 0.282. The first-order chi connectivity index (χ1) is 12.9. The Hall–Kier alpha value is -1.34. The van der Waals surface area contributed by atoms with E-state index in [2.05, 4.69) is 34.6 Å². The lowest BCUT2D eigenvalue weighted by Gasteiger charge is -2.31. The number of halogens is 2. The maximum Gasteiger partial charge on any atom is 0.239 e. The molecule has 29 heavy (non-hydrogen) atoms. The average Bonchev–Trinajstić information content (AvgIpc) is 2.64. The van der Waals surface area contributed by atoms with E-state index in [1.807, 2.05) is 26.0 Å². The van der Waals surface area contributed by atoms with Gasteiger partial charge in [0.05, 0.1) is 12.6 Å². The fraction of sp³-hybridized carbons (Fsp3) is 0.619. The number of hydrogen-bond donors (Lipinski definition) is 3. The van der Waals surface area contributed by atoms with Gasteiger partial charge in [0, 0.05) is 19.6 Å². The maximum atomic E-state index is 12.1. The molecule has 2 rings (SSSR count). The average molecular weight is 447 g/mol. The Kier molecular flexibility index (Phi) is 13.2. The van der Waals surface area contributed by atoms with Gasteiger partial charge in [0.15, 0.2) is 0 Å². The van der Waals surface area contributed by atoms with Crippen molar-refractivity contribution in [3.63, 3.8) is 0 Å². The molecule has 0 radical (unpaired) electrons. The molecule has 0 spiro atoms. The quantitative estimate of drug-likeness (QED) is 0.572. The molecule has 1 aliphatic heterocycles. The van der Waals surface area contributed by atoms with Crippen molar-refractivity contribution in [2.75, 3.05) is 19.6 Å². The number of benzene rings is 1. The Balaban J connectivity index is 0.00000392. The summed E-state index contributed by atoms with van der Waals surface area (Å²) >= 11 is 0. The van der Waals surface area contributed by atoms with Crippen LogP contribution in [-0.4, -0.2) is 42.4 Å². The van der Waals surface area contributed by atoms with Crippen molar-refractivity contribution in [1.82, 2.24) is 15.5 Å². The molecule has 6 nitrogen and oxygen atoms in total. The van der Waals surface area contributed by atoms with Crippen LogP contribution in [0.4, 0.5) is 0 Å². The van der Waals surface area contributed by atoms with Gasteiger partial charge in [-0.1, -0.05) is 45.0 Å². The van der Waals surface area contributed by atoms with Gasteiger partial charge < -0.3 is 16.4 Å². The summed E-state index contributed by atoms with van der Waals surface area (Å²) in [6, 6.07) is 7.63. The van der Waals surface area contributed by atoms with Crippen LogP contribution >= 0.6 is 24.8 Å². The number of rotatable bonds is 8. The van der Waals surface area contributed by atoms with E-state index in [1.54, 1.807) is 0 Å². The first kappa shape index (κ1) is 27.7. The van der Waals surface area contributed by atoms with Gasteiger partial charge in [-0.25, -0.2) is 0 Å². The number of likely N-dealkylation sites (tertiary alicyclic amines) is 1. The summed E-state index contributed by atoms with van der Waals surface area (Å²) in [5, 5.41) is 5.50. The minimum absolute atomic E-state index is 0. The predicted molar refractivity (Wildman–Crippen MR) is 122 cm³/mol. The highest BCUT2D eigenvalue weighted by Gasteiger charge is 2.19. The van der Waals surface area contributed by atoms with Crippen molar-refractivity contribution in [3.05, 3.63) is 35.4 Å². The fourth-order valence-corrected chi connectivity index (χ4v) is 3.40. The van der Waals surface area contributed by atoms with E-state index in [0.29, 0.717) is 6.54 Å². The molecule has 2 amide bonds. The molecule has 1 unspecified atom stereocenters. The van der Waals surface area contributed by atoms with Crippen molar-refractivity contribution in [3.8, 4) is 0 Å². The molecular weight excluding hydrogens is 411 g/mol. The third-order valence-electron chi connectivity index (χ3n) is 5.17. The van der Waals surface area contributed by atoms with Crippen LogP contribution in [0.25, 0.3) is 0 Å². The largest absolute Gasteiger partial charge is 0.350 e. The summed E-state index contributed by atoms with van der Waals surface area (Å²) in [7, 11) is 0. The molecule has 8 heteroatoms. The Morgan fingerprint density at radius 1 is 1.17 bits per heavy atom. The van der Waals surface area contributed by atoms with Crippen molar-refractivity contribution in [2.45, 2.75) is 52.7 Å². The summed E-state index contributed by atoms with van der Waals surface area (Å²) in [4.78, 5) is 26.4. The third kappa shape index (κ3) is 9.34. The minimum Gasteiger partial charge on any atom is -0.350 e. The van der Waals surface area contributed by atoms with E-state index in [1.165, 1.54) is 18.4 Å². The minimum atomic E-state index is -0.592. The number of amides is 2. The van der Waals surface area contributed by atoms with Gasteiger partial charge >= 0.3 is 0 Å². The van der Waals surface area contributed by atoms with Crippen LogP contribution in [0, 0.1) is 11.8 Å². The standard InChI is InChI=1S/C21H34N4O2.2ClH/c1-15(2)20(22)21(27)24-12-19(26)23-11-17-8-4-5-9-18(17)14-25-10-6-7-16(3)13-25;;/h4-5,8-9,15-16,20H,6-7,10-14,22H2,1-3H3,(H,23,26)(H,24,27);2*1H/t16?,20-;;/m0../s1. The Morgan fingerprint density at radius 3 is 2.45 bits per heavy atom. The zero-order valence-electron chi connectivity index (χ0n) is 17.6. The highest BCUT2D eigenvalue weighted by Crippen LogP contribution is 2.19. The van der Waals surface area contributed by atoms with Crippen LogP contribution < -0.4 is 16.4 Å². The van der Waals surface area contributed by atoms with E-state index >= 15 is 0 Å². The highest BCUT2D eigenvalue weighted by atomic mass is 35.5. The smallest absolute Gasteiger partial charge is 0.239 e. The summed E-state index contributed by atoms with van der Waals surface area (Å²) < 4.78 is 0. The number of piperidine rings is 1. The van der Waals surface area contributed by atoms with Gasteiger partial charge in [-0.3, -0.25) is 14.5 Å². The summed E-state index contributed by atoms with van der Waals surface area (Å²) in [6.45, 7) is 9.65. The van der Waals surface area contributed by atoms with Crippen LogP contribution in [0.1, 0.15) is 44.7 Å². The predicted octanol–water partition coefficient (Wildman–Crippen LogP) is 2.48. The van der Waals surface area contributed by atoms with Gasteiger partial charge in [-0.15, -0.1) is 24.8 Å². The normalized spacial score (nSPS) is 17.6. The van der Waals surface area contributed by atoms with Crippen LogP contribution in [0.2, 0.25) is 0 Å². The molecule has 0 saturated carbocycles. The van der Waals surface area contributed by atoms with Gasteiger partial charge in [-0.05, 0) is 42.3 Å². The number of carbonyl (C=O) groups is 2. The monoisotopic (exact) mass is 446 g/mol. The second-order valence-corrected chi connectivity index (χ2v) is 8.02. The molecule has 4 N–H and O–H groups in total. The third-order valence-corrected chi connectivity index (χ3v) is 5.17. The SMILES string of the molecule is CC1CCCN(Cc2ccccc2CNC(=O)CNC(=O)[C@@H](N)C(C)C)C1.Cl.Cl. The highest BCUT2D eigenvalue weighted by molar-refractivity contribution is 5.87. The molecule has 0 aromatic heterocycles. The molecule has 1 aliphatic rings. The van der Waals surface area contributed by atoms with Crippen LogP contribution in [0.5, 0.6) is 0 Å². The second kappa shape index (κ2) is 13.8. The van der Waals surface area contributed by atoms with Crippen LogP contribution in [0.15, 0.2) is 24.3 Å². The summed E-state index contributed by atoms with van der Waals surface area (Å²) in [6.07, 6.45) is 2.55. The molecule has 0 aliphatic carbocycles. The van der Waals surface area contributed by atoms with E-state index in [-0.39, 0.29) is 49.1 Å². The number of hydrogen-bond acceptors (Lipinski definition) is 4. The topological polar surface area (TPSA) is 87.5 Å². The van der Waals surface area contributed by atoms with E-state index < -0.39 is 6.04 Å². The molecular formula is C21H36Cl2N4O2. The molecule has 0 bridgehead atoms. The lowest BCUT2D eigenvalue weighted by atomic mass is 9.99. The van der Waals surface area contributed by atoms with Gasteiger partial charge in [0.25, 0.3) is 0 Å². The van der Waals surface area contributed by atoms with Crippen molar-refractivity contribution in [1.29, 1.82) is 0 Å². The zero-order chi connectivity index (χ0) is 19.8. The number of carbonyl (C=O) groups excluding carboxylic acids is 2. The first-order valence-corrected chi connectivity index (χ1v) is 9.96. The molecule has 1 aromatic carbocycles. The molecule has 1 fully saturated rings. The summed E-state index contributed by atoms with van der Waals surface area (Å²) in [5.41, 5.74) is 8.15. The Morgan fingerprint density at radius 2 is 1.83 bits per heavy atom. The lowest BCUT2D eigenvalue weighted by Crippen LogP contribution is -2.47. The van der Waals surface area contributed by atoms with Crippen molar-refractivity contribution < 1.29 is 9.59 Å². The first-order valence-electron chi connectivity index (χ1n) is 9.96.